The van der Waals surface area contributed by atoms with Crippen molar-refractivity contribution in [3.8, 4) is 17.2 Å². The minimum Gasteiger partial charge on any atom is -0.490 e. The molecule has 0 bridgehead atoms. The Balaban J connectivity index is 1.62. The Morgan fingerprint density at radius 2 is 1.94 bits per heavy atom. The average molecular weight is 549 g/mol. The summed E-state index contributed by atoms with van der Waals surface area (Å²) < 4.78 is 17.1. The third-order valence-electron chi connectivity index (χ3n) is 4.03. The van der Waals surface area contributed by atoms with Crippen molar-refractivity contribution in [2.75, 3.05) is 19.8 Å². The molecule has 0 aliphatic rings. The molecule has 0 saturated carbocycles. The van der Waals surface area contributed by atoms with Gasteiger partial charge in [0.1, 0.15) is 11.3 Å². The van der Waals surface area contributed by atoms with E-state index >= 15 is 0 Å². The maximum absolute atomic E-state index is 12.1. The minimum absolute atomic E-state index is 0.225. The van der Waals surface area contributed by atoms with Gasteiger partial charge in [0, 0.05) is 11.6 Å². The number of ether oxygens (including phenoxy) is 3. The van der Waals surface area contributed by atoms with Gasteiger partial charge in [0.15, 0.2) is 24.7 Å². The number of hydrogen-bond acceptors (Lipinski definition) is 7. The second-order valence-corrected chi connectivity index (χ2v) is 7.52. The number of aromatic nitrogens is 1. The summed E-state index contributed by atoms with van der Waals surface area (Å²) in [6, 6.07) is 12.6. The average Bonchev–Trinajstić information content (AvgIpc) is 2.77. The predicted molar refractivity (Wildman–Crippen MR) is 126 cm³/mol. The number of carbonyl (C=O) groups excluding carboxylic acids is 1. The van der Waals surface area contributed by atoms with Crippen LogP contribution in [0.3, 0.4) is 0 Å². The number of hydrazone groups is 1. The van der Waals surface area contributed by atoms with E-state index in [1.165, 1.54) is 6.21 Å². The summed E-state index contributed by atoms with van der Waals surface area (Å²) in [6.45, 7) is 1.47. The van der Waals surface area contributed by atoms with Gasteiger partial charge in [0.25, 0.3) is 5.91 Å². The molecule has 0 aliphatic carbocycles. The Kier molecular flexibility index (Phi) is 8.20. The first-order valence-corrected chi connectivity index (χ1v) is 10.6. The van der Waals surface area contributed by atoms with Gasteiger partial charge in [-0.25, -0.2) is 10.2 Å². The lowest BCUT2D eigenvalue weighted by molar-refractivity contribution is -0.139. The van der Waals surface area contributed by atoms with Gasteiger partial charge in [-0.05, 0) is 59.3 Å². The maximum atomic E-state index is 12.1. The number of nitrogens with zero attached hydrogens (tertiary/aromatic N) is 2. The highest BCUT2D eigenvalue weighted by Crippen LogP contribution is 2.34. The molecule has 0 unspecified atom stereocenters. The molecule has 10 heteroatoms. The minimum atomic E-state index is -1.09. The van der Waals surface area contributed by atoms with Gasteiger partial charge in [-0.15, -0.1) is 0 Å². The van der Waals surface area contributed by atoms with E-state index in [1.807, 2.05) is 46.9 Å². The fourth-order valence-corrected chi connectivity index (χ4v) is 3.53. The van der Waals surface area contributed by atoms with Crippen molar-refractivity contribution in [3.05, 3.63) is 57.8 Å². The van der Waals surface area contributed by atoms with Crippen LogP contribution in [0, 0.1) is 3.57 Å². The zero-order chi connectivity index (χ0) is 22.9. The number of halogens is 1. The van der Waals surface area contributed by atoms with Crippen LogP contribution >= 0.6 is 22.6 Å². The number of carbonyl (C=O) groups is 2. The number of carboxylic acids is 1. The number of pyridine rings is 1. The maximum Gasteiger partial charge on any atom is 0.341 e. The van der Waals surface area contributed by atoms with Crippen LogP contribution < -0.4 is 19.6 Å². The smallest absolute Gasteiger partial charge is 0.341 e. The molecule has 0 fully saturated rings. The lowest BCUT2D eigenvalue weighted by atomic mass is 10.2. The predicted octanol–water partition coefficient (Wildman–Crippen LogP) is 3.23. The third kappa shape index (κ3) is 6.30. The van der Waals surface area contributed by atoms with Crippen LogP contribution in [0.1, 0.15) is 12.5 Å². The van der Waals surface area contributed by atoms with E-state index in [1.54, 1.807) is 31.3 Å². The van der Waals surface area contributed by atoms with E-state index in [4.69, 9.17) is 19.3 Å². The molecule has 3 rings (SSSR count). The van der Waals surface area contributed by atoms with Crippen molar-refractivity contribution in [2.45, 2.75) is 6.92 Å². The molecule has 3 aromatic rings. The van der Waals surface area contributed by atoms with Crippen molar-refractivity contribution < 1.29 is 28.9 Å². The third-order valence-corrected chi connectivity index (χ3v) is 4.83. The molecule has 0 saturated heterocycles. The zero-order valence-electron chi connectivity index (χ0n) is 17.1. The number of benzene rings is 2. The van der Waals surface area contributed by atoms with E-state index in [0.29, 0.717) is 38.5 Å². The Morgan fingerprint density at radius 3 is 2.72 bits per heavy atom. The topological polar surface area (TPSA) is 119 Å². The number of carboxylic acid groups (broad SMARTS) is 1. The summed E-state index contributed by atoms with van der Waals surface area (Å²) in [7, 11) is 0. The number of aliphatic carboxylic acids is 1. The molecule has 32 heavy (non-hydrogen) atoms. The lowest BCUT2D eigenvalue weighted by Crippen LogP contribution is -2.24. The number of nitrogens with one attached hydrogen (secondary N) is 1. The van der Waals surface area contributed by atoms with Gasteiger partial charge in [-0.2, -0.15) is 5.10 Å². The lowest BCUT2D eigenvalue weighted by Gasteiger charge is -2.13. The molecule has 1 heterocycles. The van der Waals surface area contributed by atoms with Gasteiger partial charge in [0.05, 0.1) is 16.4 Å². The molecule has 1 aromatic heterocycles. The molecule has 0 aliphatic heterocycles. The fraction of sp³-hybridized carbons (Fsp3) is 0.182. The van der Waals surface area contributed by atoms with Crippen LogP contribution in [-0.2, 0) is 9.59 Å². The Labute approximate surface area is 197 Å². The van der Waals surface area contributed by atoms with Crippen molar-refractivity contribution in [3.63, 3.8) is 0 Å². The summed E-state index contributed by atoms with van der Waals surface area (Å²) in [4.78, 5) is 27.2. The van der Waals surface area contributed by atoms with E-state index in [0.717, 1.165) is 5.39 Å². The van der Waals surface area contributed by atoms with Crippen molar-refractivity contribution >= 4 is 51.6 Å². The van der Waals surface area contributed by atoms with Crippen LogP contribution in [-0.4, -0.2) is 48.0 Å². The summed E-state index contributed by atoms with van der Waals surface area (Å²) >= 11 is 2.02. The number of fused-ring (bicyclic) bond motifs is 1. The Morgan fingerprint density at radius 1 is 1.12 bits per heavy atom. The van der Waals surface area contributed by atoms with Gasteiger partial charge >= 0.3 is 5.97 Å². The molecule has 0 atom stereocenters. The van der Waals surface area contributed by atoms with Gasteiger partial charge in [0.2, 0.25) is 0 Å². The highest BCUT2D eigenvalue weighted by atomic mass is 127. The Hall–Kier alpha value is -3.41. The molecular formula is C22H20IN3O6. The normalized spacial score (nSPS) is 10.8. The van der Waals surface area contributed by atoms with Crippen molar-refractivity contribution in [2.24, 2.45) is 5.10 Å². The summed E-state index contributed by atoms with van der Waals surface area (Å²) in [5.74, 6) is -0.281. The molecular weight excluding hydrogens is 529 g/mol. The quantitative estimate of drug-likeness (QED) is 0.227. The molecule has 2 N–H and O–H groups in total. The molecule has 9 nitrogen and oxygen atoms in total. The van der Waals surface area contributed by atoms with Crippen molar-refractivity contribution in [1.29, 1.82) is 0 Å². The van der Waals surface area contributed by atoms with Crippen LogP contribution in [0.25, 0.3) is 10.9 Å². The first kappa shape index (κ1) is 23.3. The molecule has 0 spiro atoms. The standard InChI is InChI=1S/C22H20IN3O6/c1-2-30-18-10-14(9-16(23)22(18)32-13-20(28)29)11-25-26-19(27)12-31-17-7-3-5-15-6-4-8-24-21(15)17/h3-11H,2,12-13H2,1H3,(H,26,27)(H,28,29)/b25-11+. The second-order valence-electron chi connectivity index (χ2n) is 6.36. The first-order chi connectivity index (χ1) is 15.5. The van der Waals surface area contributed by atoms with Gasteiger partial charge in [-0.1, -0.05) is 18.2 Å². The summed E-state index contributed by atoms with van der Waals surface area (Å²) in [5.41, 5.74) is 3.72. The highest BCUT2D eigenvalue weighted by Gasteiger charge is 2.13. The monoisotopic (exact) mass is 549 g/mol. The van der Waals surface area contributed by atoms with Crippen LogP contribution in [0.5, 0.6) is 17.2 Å². The van der Waals surface area contributed by atoms with E-state index in [9.17, 15) is 9.59 Å². The van der Waals surface area contributed by atoms with Gasteiger partial charge < -0.3 is 19.3 Å². The van der Waals surface area contributed by atoms with Gasteiger partial charge in [-0.3, -0.25) is 9.78 Å². The SMILES string of the molecule is CCOc1cc(/C=N/NC(=O)COc2cccc3cccnc23)cc(I)c1OCC(=O)O. The zero-order valence-corrected chi connectivity index (χ0v) is 19.2. The van der Waals surface area contributed by atoms with Crippen LogP contribution in [0.2, 0.25) is 0 Å². The van der Waals surface area contributed by atoms with Crippen LogP contribution in [0.4, 0.5) is 0 Å². The number of rotatable bonds is 10. The second kappa shape index (κ2) is 11.3. The molecule has 2 aromatic carbocycles. The van der Waals surface area contributed by atoms with E-state index in [2.05, 4.69) is 15.5 Å². The van der Waals surface area contributed by atoms with E-state index in [-0.39, 0.29) is 6.61 Å². The molecule has 166 valence electrons. The van der Waals surface area contributed by atoms with E-state index < -0.39 is 18.5 Å². The molecule has 0 radical (unpaired) electrons. The number of amides is 1. The first-order valence-electron chi connectivity index (χ1n) is 9.57. The summed E-state index contributed by atoms with van der Waals surface area (Å²) in [5, 5.41) is 13.7. The number of para-hydroxylation sites is 1. The number of hydrogen-bond donors (Lipinski definition) is 2. The van der Waals surface area contributed by atoms with Crippen LogP contribution in [0.15, 0.2) is 53.8 Å². The molecule has 1 amide bonds. The largest absolute Gasteiger partial charge is 0.490 e. The fourth-order valence-electron chi connectivity index (χ4n) is 2.75. The summed E-state index contributed by atoms with van der Waals surface area (Å²) in [6.07, 6.45) is 3.11. The highest BCUT2D eigenvalue weighted by molar-refractivity contribution is 14.1. The Bertz CT molecular complexity index is 1150. The van der Waals surface area contributed by atoms with Crippen molar-refractivity contribution in [1.82, 2.24) is 10.4 Å².